The van der Waals surface area contributed by atoms with Crippen LogP contribution in [0.1, 0.15) is 25.6 Å². The number of rotatable bonds is 3. The number of thiophene rings is 1. The number of anilines is 2. The van der Waals surface area contributed by atoms with Gasteiger partial charge in [-0.05, 0) is 36.1 Å². The summed E-state index contributed by atoms with van der Waals surface area (Å²) >= 11 is 1.34. The minimum atomic E-state index is -0.337. The Balaban J connectivity index is 1.84. The predicted octanol–water partition coefficient (Wildman–Crippen LogP) is 4.53. The molecule has 0 spiro atoms. The summed E-state index contributed by atoms with van der Waals surface area (Å²) in [6.45, 7) is 1.92. The maximum Gasteiger partial charge on any atom is 0.274 e. The number of amides is 1. The summed E-state index contributed by atoms with van der Waals surface area (Å²) in [5.41, 5.74) is 8.88. The van der Waals surface area contributed by atoms with Crippen LogP contribution in [0.4, 0.5) is 11.5 Å². The number of carbonyl (C=O) groups excluding carboxylic acids is 2. The fourth-order valence-electron chi connectivity index (χ4n) is 3.13. The summed E-state index contributed by atoms with van der Waals surface area (Å²) in [7, 11) is 0. The largest absolute Gasteiger partial charge is 0.384 e. The maximum absolute atomic E-state index is 13.0. The zero-order valence-electron chi connectivity index (χ0n) is 14.6. The highest BCUT2D eigenvalue weighted by Gasteiger charge is 2.25. The van der Waals surface area contributed by atoms with E-state index in [0.717, 1.165) is 5.56 Å². The Morgan fingerprint density at radius 3 is 2.48 bits per heavy atom. The highest BCUT2D eigenvalue weighted by molar-refractivity contribution is 7.12. The summed E-state index contributed by atoms with van der Waals surface area (Å²) in [4.78, 5) is 26.5. The number of carbonyl (C=O) groups is 2. The first-order valence-corrected chi connectivity index (χ1v) is 9.30. The van der Waals surface area contributed by atoms with Crippen molar-refractivity contribution in [3.8, 4) is 0 Å². The molecular weight excluding hydrogens is 358 g/mol. The van der Waals surface area contributed by atoms with Crippen LogP contribution in [0.25, 0.3) is 10.9 Å². The van der Waals surface area contributed by atoms with Crippen molar-refractivity contribution in [3.05, 3.63) is 82.0 Å². The molecule has 4 aromatic rings. The van der Waals surface area contributed by atoms with E-state index in [1.165, 1.54) is 15.9 Å². The Kier molecular flexibility index (Phi) is 4.25. The van der Waals surface area contributed by atoms with Gasteiger partial charge < -0.3 is 11.1 Å². The Morgan fingerprint density at radius 2 is 1.74 bits per heavy atom. The van der Waals surface area contributed by atoms with Crippen LogP contribution < -0.4 is 11.1 Å². The first-order chi connectivity index (χ1) is 13.1. The predicted molar refractivity (Wildman–Crippen MR) is 110 cm³/mol. The SMILES string of the molecule is Cc1ccccc1NC(=O)c1c(N)n(C(=O)c2cccs2)c2ccccc12. The van der Waals surface area contributed by atoms with Gasteiger partial charge in [0, 0.05) is 11.1 Å². The lowest BCUT2D eigenvalue weighted by molar-refractivity contribution is 0.0971. The second kappa shape index (κ2) is 6.74. The summed E-state index contributed by atoms with van der Waals surface area (Å²) < 4.78 is 1.41. The smallest absolute Gasteiger partial charge is 0.274 e. The number of fused-ring (bicyclic) bond motifs is 1. The van der Waals surface area contributed by atoms with Crippen LogP contribution in [0.2, 0.25) is 0 Å². The van der Waals surface area contributed by atoms with Gasteiger partial charge in [-0.3, -0.25) is 14.2 Å². The molecular formula is C21H17N3O2S. The average Bonchev–Trinajstić information content (AvgIpc) is 3.29. The summed E-state index contributed by atoms with van der Waals surface area (Å²) in [6.07, 6.45) is 0. The molecule has 27 heavy (non-hydrogen) atoms. The zero-order chi connectivity index (χ0) is 19.0. The number of para-hydroxylation sites is 2. The Morgan fingerprint density at radius 1 is 1.00 bits per heavy atom. The van der Waals surface area contributed by atoms with Gasteiger partial charge in [0.05, 0.1) is 16.0 Å². The second-order valence-corrected chi connectivity index (χ2v) is 7.11. The third-order valence-corrected chi connectivity index (χ3v) is 5.32. The van der Waals surface area contributed by atoms with Gasteiger partial charge >= 0.3 is 0 Å². The van der Waals surface area contributed by atoms with Crippen molar-refractivity contribution < 1.29 is 9.59 Å². The molecule has 0 aliphatic rings. The zero-order valence-corrected chi connectivity index (χ0v) is 15.4. The van der Waals surface area contributed by atoms with Gasteiger partial charge in [0.2, 0.25) is 0 Å². The first kappa shape index (κ1) is 17.1. The lowest BCUT2D eigenvalue weighted by Gasteiger charge is -2.09. The lowest BCUT2D eigenvalue weighted by atomic mass is 10.1. The number of hydrogen-bond acceptors (Lipinski definition) is 4. The molecule has 0 unspecified atom stereocenters. The fraction of sp³-hybridized carbons (Fsp3) is 0.0476. The second-order valence-electron chi connectivity index (χ2n) is 6.16. The standard InChI is InChI=1S/C21H17N3O2S/c1-13-7-2-4-9-15(13)23-20(25)18-14-8-3-5-10-16(14)24(19(18)22)21(26)17-11-6-12-27-17/h2-12H,22H2,1H3,(H,23,25). The van der Waals surface area contributed by atoms with Crippen LogP contribution in [0.5, 0.6) is 0 Å². The number of nitrogen functional groups attached to an aromatic ring is 1. The van der Waals surface area contributed by atoms with Crippen molar-refractivity contribution in [1.29, 1.82) is 0 Å². The van der Waals surface area contributed by atoms with Crippen LogP contribution in [0, 0.1) is 6.92 Å². The van der Waals surface area contributed by atoms with Gasteiger partial charge in [-0.25, -0.2) is 0 Å². The number of nitrogens with two attached hydrogens (primary N) is 1. The highest BCUT2D eigenvalue weighted by atomic mass is 32.1. The van der Waals surface area contributed by atoms with E-state index >= 15 is 0 Å². The van der Waals surface area contributed by atoms with Crippen molar-refractivity contribution in [3.63, 3.8) is 0 Å². The molecule has 4 rings (SSSR count). The van der Waals surface area contributed by atoms with Crippen LogP contribution in [0.3, 0.4) is 0 Å². The molecule has 2 aromatic carbocycles. The molecule has 1 amide bonds. The quantitative estimate of drug-likeness (QED) is 0.552. The highest BCUT2D eigenvalue weighted by Crippen LogP contribution is 2.31. The molecule has 2 heterocycles. The van der Waals surface area contributed by atoms with Gasteiger partial charge in [-0.2, -0.15) is 0 Å². The van der Waals surface area contributed by atoms with E-state index in [9.17, 15) is 9.59 Å². The Bertz CT molecular complexity index is 1160. The minimum Gasteiger partial charge on any atom is -0.384 e. The van der Waals surface area contributed by atoms with E-state index in [-0.39, 0.29) is 17.6 Å². The molecule has 0 bridgehead atoms. The van der Waals surface area contributed by atoms with Crippen LogP contribution >= 0.6 is 11.3 Å². The van der Waals surface area contributed by atoms with Crippen molar-refractivity contribution in [1.82, 2.24) is 4.57 Å². The van der Waals surface area contributed by atoms with Crippen molar-refractivity contribution in [2.45, 2.75) is 6.92 Å². The topological polar surface area (TPSA) is 77.1 Å². The third kappa shape index (κ3) is 2.90. The van der Waals surface area contributed by atoms with E-state index < -0.39 is 0 Å². The van der Waals surface area contributed by atoms with Gasteiger partial charge in [0.1, 0.15) is 5.82 Å². The van der Waals surface area contributed by atoms with E-state index in [1.807, 2.05) is 54.8 Å². The van der Waals surface area contributed by atoms with Crippen molar-refractivity contribution in [2.24, 2.45) is 0 Å². The average molecular weight is 375 g/mol. The molecule has 0 saturated heterocycles. The number of benzene rings is 2. The van der Waals surface area contributed by atoms with Gasteiger partial charge in [-0.1, -0.05) is 42.5 Å². The van der Waals surface area contributed by atoms with Crippen LogP contribution in [-0.2, 0) is 0 Å². The lowest BCUT2D eigenvalue weighted by Crippen LogP contribution is -2.17. The molecule has 0 fully saturated rings. The summed E-state index contributed by atoms with van der Waals surface area (Å²) in [5, 5.41) is 5.38. The Labute approximate surface area is 160 Å². The third-order valence-electron chi connectivity index (χ3n) is 4.47. The number of aromatic nitrogens is 1. The van der Waals surface area contributed by atoms with Crippen LogP contribution in [-0.4, -0.2) is 16.4 Å². The molecule has 6 heteroatoms. The molecule has 3 N–H and O–H groups in total. The minimum absolute atomic E-state index is 0.140. The molecule has 2 aromatic heterocycles. The fourth-order valence-corrected chi connectivity index (χ4v) is 3.78. The summed E-state index contributed by atoms with van der Waals surface area (Å²) in [6, 6.07) is 18.3. The normalized spacial score (nSPS) is 10.9. The molecule has 0 aliphatic heterocycles. The monoisotopic (exact) mass is 375 g/mol. The van der Waals surface area contributed by atoms with E-state index in [2.05, 4.69) is 5.32 Å². The number of nitrogens with one attached hydrogen (secondary N) is 1. The summed E-state index contributed by atoms with van der Waals surface area (Å²) in [5.74, 6) is -0.440. The molecule has 134 valence electrons. The first-order valence-electron chi connectivity index (χ1n) is 8.42. The van der Waals surface area contributed by atoms with Crippen molar-refractivity contribution in [2.75, 3.05) is 11.1 Å². The molecule has 0 radical (unpaired) electrons. The molecule has 0 atom stereocenters. The number of hydrogen-bond donors (Lipinski definition) is 2. The maximum atomic E-state index is 13.0. The molecule has 5 nitrogen and oxygen atoms in total. The molecule has 0 saturated carbocycles. The van der Waals surface area contributed by atoms with Gasteiger partial charge in [0.15, 0.2) is 0 Å². The number of aryl methyl sites for hydroxylation is 1. The van der Waals surface area contributed by atoms with E-state index in [1.54, 1.807) is 18.2 Å². The van der Waals surface area contributed by atoms with E-state index in [0.29, 0.717) is 27.0 Å². The van der Waals surface area contributed by atoms with Gasteiger partial charge in [-0.15, -0.1) is 11.3 Å². The van der Waals surface area contributed by atoms with Crippen molar-refractivity contribution >= 4 is 45.6 Å². The van der Waals surface area contributed by atoms with E-state index in [4.69, 9.17) is 5.73 Å². The van der Waals surface area contributed by atoms with Crippen LogP contribution in [0.15, 0.2) is 66.0 Å². The Hall–Kier alpha value is -3.38. The number of nitrogens with zero attached hydrogens (tertiary/aromatic N) is 1. The molecule has 0 aliphatic carbocycles. The van der Waals surface area contributed by atoms with Gasteiger partial charge in [0.25, 0.3) is 11.8 Å².